The quantitative estimate of drug-likeness (QED) is 0.0254. The Bertz CT molecular complexity index is 3000. The van der Waals surface area contributed by atoms with Gasteiger partial charge in [-0.2, -0.15) is 0 Å². The minimum absolute atomic E-state index is 0. The number of carbonyl (C=O) groups is 12. The van der Waals surface area contributed by atoms with Crippen molar-refractivity contribution in [3.05, 3.63) is 12.2 Å². The van der Waals surface area contributed by atoms with Gasteiger partial charge in [-0.15, -0.1) is 6.58 Å². The number of hydrogen-bond donors (Lipinski definition) is 12. The van der Waals surface area contributed by atoms with Gasteiger partial charge in [-0.05, 0) is 251 Å². The fourth-order valence-corrected chi connectivity index (χ4v) is 15.9. The molecular formula is C94H190N12O12. The average Bonchev–Trinajstić information content (AvgIpc) is 1.66. The number of hydrogen-bond acceptors (Lipinski definition) is 12. The molecule has 14 atom stereocenters. The Morgan fingerprint density at radius 3 is 0.695 bits per heavy atom. The molecule has 4 fully saturated rings. The number of rotatable bonds is 42. The molecule has 4 saturated carbocycles. The lowest BCUT2D eigenvalue weighted by Crippen LogP contribution is -2.48. The Balaban J connectivity index is -0.000000215. The van der Waals surface area contributed by atoms with Crippen LogP contribution in [-0.4, -0.2) is 104 Å². The van der Waals surface area contributed by atoms with Crippen LogP contribution in [0.1, 0.15) is 382 Å². The molecule has 0 aromatic heterocycles. The summed E-state index contributed by atoms with van der Waals surface area (Å²) in [6, 6.07) is 0. The number of primary amides is 6. The molecule has 24 nitrogen and oxygen atoms in total. The molecule has 0 bridgehead atoms. The van der Waals surface area contributed by atoms with Gasteiger partial charge in [0, 0.05) is 107 Å². The molecule has 118 heavy (non-hydrogen) atoms. The molecule has 24 heteroatoms. The Morgan fingerprint density at radius 2 is 0.517 bits per heavy atom. The lowest BCUT2D eigenvalue weighted by molar-refractivity contribution is -0.135. The van der Waals surface area contributed by atoms with Crippen molar-refractivity contribution in [2.24, 2.45) is 141 Å². The van der Waals surface area contributed by atoms with E-state index in [1.165, 1.54) is 57.8 Å². The summed E-state index contributed by atoms with van der Waals surface area (Å²) < 4.78 is 0. The van der Waals surface area contributed by atoms with Gasteiger partial charge in [-0.1, -0.05) is 164 Å². The van der Waals surface area contributed by atoms with Crippen molar-refractivity contribution in [2.75, 3.05) is 0 Å². The van der Waals surface area contributed by atoms with E-state index in [1.54, 1.807) is 0 Å². The van der Waals surface area contributed by atoms with Gasteiger partial charge in [0.1, 0.15) is 0 Å². The average molecular weight is 1680 g/mol. The fourth-order valence-electron chi connectivity index (χ4n) is 15.9. The molecule has 0 aromatic rings. The largest absolute Gasteiger partial charge is 0.369 e. The van der Waals surface area contributed by atoms with E-state index in [9.17, 15) is 57.5 Å². The zero-order valence-corrected chi connectivity index (χ0v) is 79.8. The number of amides is 12. The van der Waals surface area contributed by atoms with Crippen LogP contribution < -0.4 is 66.3 Å². The second-order valence-corrected chi connectivity index (χ2v) is 42.0. The molecule has 12 amide bonds. The summed E-state index contributed by atoms with van der Waals surface area (Å²) >= 11 is 0. The van der Waals surface area contributed by atoms with Crippen LogP contribution in [0.2, 0.25) is 0 Å². The van der Waals surface area contributed by atoms with E-state index in [1.807, 2.05) is 173 Å². The third-order valence-electron chi connectivity index (χ3n) is 22.0. The van der Waals surface area contributed by atoms with Gasteiger partial charge in [0.15, 0.2) is 0 Å². The highest BCUT2D eigenvalue weighted by atomic mass is 16.2. The summed E-state index contributed by atoms with van der Waals surface area (Å²) in [5.41, 5.74) is 32.3. The monoisotopic (exact) mass is 1680 g/mol. The summed E-state index contributed by atoms with van der Waals surface area (Å²) in [5.74, 6) is -2.91. The first-order chi connectivity index (χ1) is 54.0. The molecule has 4 aliphatic carbocycles. The Morgan fingerprint density at radius 1 is 0.322 bits per heavy atom. The lowest BCUT2D eigenvalue weighted by Gasteiger charge is -2.34. The highest BCUT2D eigenvalue weighted by Gasteiger charge is 2.44. The summed E-state index contributed by atoms with van der Waals surface area (Å²) in [4.78, 5) is 145. The van der Waals surface area contributed by atoms with Crippen LogP contribution in [-0.2, 0) is 57.5 Å². The van der Waals surface area contributed by atoms with Crippen LogP contribution in [0.25, 0.3) is 0 Å². The van der Waals surface area contributed by atoms with E-state index < -0.39 is 17.7 Å². The second-order valence-electron chi connectivity index (χ2n) is 42.0. The van der Waals surface area contributed by atoms with E-state index >= 15 is 0 Å². The van der Waals surface area contributed by atoms with Crippen molar-refractivity contribution in [1.82, 2.24) is 31.9 Å². The Kier molecular flexibility index (Phi) is 51.9. The smallest absolute Gasteiger partial charge is 0.224 e. The first kappa shape index (κ1) is 113. The number of nitrogens with two attached hydrogens (primary N) is 6. The molecule has 0 heterocycles. The third kappa shape index (κ3) is 50.6. The van der Waals surface area contributed by atoms with Crippen molar-refractivity contribution in [3.8, 4) is 0 Å². The Hall–Kier alpha value is -6.62. The lowest BCUT2D eigenvalue weighted by atomic mass is 9.73. The van der Waals surface area contributed by atoms with Crippen LogP contribution in [0.5, 0.6) is 0 Å². The molecule has 4 aliphatic rings. The molecule has 0 aliphatic heterocycles. The molecule has 0 radical (unpaired) electrons. The standard InChI is InChI=1S/C17H32N2O2.2C16H30N2O2.C15H28N2O2.C15H30N2O2.C15H28N2O2.6H2/c1-5-8-13(15(18)20)14(11-12-9-6-7-10-12)16(21)19-17(2,3)4;1-6-7-12(14(17)19)13(9-11-8-10(11)2)15(20)18-16(3,4)5;1-5-7-12(14(17)19)13(10-11-8-6-9-11)15(20)18-16(2,3)4;1-5-6-11(13(16)18)12(9-10-7-8-10)14(19)17-15(2,3)4;2*1-7-8-11(13(16)18)12(9-10(2)3)14(19)17-15(4,5)6;;;;;;/h12-14H,5-11H2,1-4H3,(H2,18,20)(H,19,21);10-13H,6-9H2,1-5H3,(H2,17,19)(H,18,20);11-13H,5-10H2,1-4H3,(H2,17,19)(H,18,20);10-12H,5-9H2,1-4H3,(H2,16,18)(H,17,19);10-12H,7-9H2,1-6H3,(H2,16,18)(H,17,19);11-12H,2,7-9H2,1,3-6H3,(H2,16,18)(H,17,19);6*1H/t13-,14+;10?,11?,12-,13+;12-,13+;3*11-,12+;;;;;;/m000000....../s1. The van der Waals surface area contributed by atoms with E-state index in [-0.39, 0.29) is 166 Å². The predicted octanol–water partition coefficient (Wildman–Crippen LogP) is 16.6. The van der Waals surface area contributed by atoms with E-state index in [4.69, 9.17) is 34.4 Å². The topological polar surface area (TPSA) is 433 Å². The summed E-state index contributed by atoms with van der Waals surface area (Å²) in [7, 11) is 0. The van der Waals surface area contributed by atoms with Crippen LogP contribution >= 0.6 is 0 Å². The molecule has 18 N–H and O–H groups in total. The van der Waals surface area contributed by atoms with E-state index in [2.05, 4.69) is 59.3 Å². The third-order valence-corrected chi connectivity index (χ3v) is 22.0. The van der Waals surface area contributed by atoms with Crippen molar-refractivity contribution in [3.63, 3.8) is 0 Å². The minimum atomic E-state index is -0.427. The van der Waals surface area contributed by atoms with Crippen LogP contribution in [0.4, 0.5) is 0 Å². The van der Waals surface area contributed by atoms with E-state index in [0.29, 0.717) is 86.9 Å². The molecule has 4 rings (SSSR count). The van der Waals surface area contributed by atoms with Crippen LogP contribution in [0, 0.1) is 107 Å². The number of carbonyl (C=O) groups excluding carboxylic acids is 12. The second kappa shape index (κ2) is 54.0. The Labute approximate surface area is 725 Å². The number of allylic oxidation sites excluding steroid dienone is 1. The van der Waals surface area contributed by atoms with Gasteiger partial charge in [0.25, 0.3) is 0 Å². The zero-order chi connectivity index (χ0) is 91.9. The van der Waals surface area contributed by atoms with Crippen molar-refractivity contribution in [2.45, 2.75) is 407 Å². The van der Waals surface area contributed by atoms with Gasteiger partial charge in [0.05, 0.1) is 5.92 Å². The number of nitrogens with one attached hydrogen (secondary N) is 6. The first-order valence-electron chi connectivity index (χ1n) is 45.4. The molecular weight excluding hydrogens is 1490 g/mol. The van der Waals surface area contributed by atoms with Gasteiger partial charge in [-0.25, -0.2) is 0 Å². The van der Waals surface area contributed by atoms with Gasteiger partial charge in [0.2, 0.25) is 70.9 Å². The SMILES string of the molecule is C=C(C)C[C@@H](C(=O)NC(C)(C)C)[C@H](CCC)C(N)=O.CCC[C@H](C(N)=O)[C@@H](CC(C)C)C(=O)NC(C)(C)C.CCC[C@H](C(N)=O)[C@@H](CC1CC1)C(=O)NC(C)(C)C.CCC[C@H](C(N)=O)[C@@H](CC1CC1C)C(=O)NC(C)(C)C.CCC[C@H](C(N)=O)[C@@H](CC1CCC1)C(=O)NC(C)(C)C.CCC[C@H](C(N)=O)[C@@H](CC1CCCC1)C(=O)NC(C)(C)C.[HH].[HH].[HH].[HH].[HH].[HH]. The highest BCUT2D eigenvalue weighted by Crippen LogP contribution is 2.45. The maximum absolute atomic E-state index is 12.6. The van der Waals surface area contributed by atoms with Crippen molar-refractivity contribution in [1.29, 1.82) is 0 Å². The maximum Gasteiger partial charge on any atom is 0.224 e. The summed E-state index contributed by atoms with van der Waals surface area (Å²) in [5, 5.41) is 18.0. The molecule has 0 aromatic carbocycles. The molecule has 698 valence electrons. The highest BCUT2D eigenvalue weighted by molar-refractivity contribution is 5.91. The van der Waals surface area contributed by atoms with Crippen LogP contribution in [0.15, 0.2) is 12.2 Å². The van der Waals surface area contributed by atoms with Crippen LogP contribution in [0.3, 0.4) is 0 Å². The fraction of sp³-hybridized carbons (Fsp3) is 0.851. The van der Waals surface area contributed by atoms with Gasteiger partial charge >= 0.3 is 0 Å². The normalized spacial score (nSPS) is 18.7. The first-order valence-corrected chi connectivity index (χ1v) is 45.4. The molecule has 2 unspecified atom stereocenters. The molecule has 0 spiro atoms. The predicted molar refractivity (Wildman–Crippen MR) is 493 cm³/mol. The van der Waals surface area contributed by atoms with Gasteiger partial charge < -0.3 is 66.3 Å². The zero-order valence-electron chi connectivity index (χ0n) is 79.8. The maximum atomic E-state index is 12.6. The summed E-state index contributed by atoms with van der Waals surface area (Å²) in [6.07, 6.45) is 25.6. The van der Waals surface area contributed by atoms with Crippen molar-refractivity contribution >= 4 is 70.9 Å². The molecule has 0 saturated heterocycles. The van der Waals surface area contributed by atoms with Crippen molar-refractivity contribution < 1.29 is 66.1 Å². The minimum Gasteiger partial charge on any atom is -0.369 e. The van der Waals surface area contributed by atoms with Gasteiger partial charge in [-0.3, -0.25) is 57.5 Å². The summed E-state index contributed by atoms with van der Waals surface area (Å²) in [6.45, 7) is 59.2. The van der Waals surface area contributed by atoms with E-state index in [0.717, 1.165) is 76.2 Å².